The van der Waals surface area contributed by atoms with E-state index >= 15 is 0 Å². The average molecular weight is 176 g/mol. The molecule has 68 valence electrons. The van der Waals surface area contributed by atoms with Crippen LogP contribution in [0.5, 0.6) is 5.88 Å². The third-order valence-electron chi connectivity index (χ3n) is 2.88. The molecule has 1 unspecified atom stereocenters. The summed E-state index contributed by atoms with van der Waals surface area (Å²) >= 11 is 0. The second-order valence-electron chi connectivity index (χ2n) is 3.86. The molecule has 1 aromatic heterocycles. The van der Waals surface area contributed by atoms with Crippen LogP contribution in [0.15, 0.2) is 18.3 Å². The van der Waals surface area contributed by atoms with Gasteiger partial charge in [0.25, 0.3) is 0 Å². The van der Waals surface area contributed by atoms with Crippen molar-refractivity contribution in [2.45, 2.75) is 18.4 Å². The van der Waals surface area contributed by atoms with Gasteiger partial charge in [0.05, 0.1) is 0 Å². The number of aromatic nitrogens is 1. The Labute approximate surface area is 77.1 Å². The van der Waals surface area contributed by atoms with Gasteiger partial charge in [0.2, 0.25) is 5.88 Å². The van der Waals surface area contributed by atoms with Crippen LogP contribution >= 0.6 is 0 Å². The van der Waals surface area contributed by atoms with Crippen LogP contribution in [0.3, 0.4) is 0 Å². The van der Waals surface area contributed by atoms with Gasteiger partial charge in [-0.05, 0) is 12.6 Å². The van der Waals surface area contributed by atoms with Crippen LogP contribution in [0, 0.1) is 0 Å². The van der Waals surface area contributed by atoms with Gasteiger partial charge in [0.1, 0.15) is 5.60 Å². The van der Waals surface area contributed by atoms with Crippen LogP contribution in [0.1, 0.15) is 12.0 Å². The zero-order chi connectivity index (χ0) is 8.73. The molecule has 0 aliphatic carbocycles. The van der Waals surface area contributed by atoms with Crippen molar-refractivity contribution in [2.75, 3.05) is 13.1 Å². The van der Waals surface area contributed by atoms with Crippen molar-refractivity contribution in [3.8, 4) is 5.88 Å². The summed E-state index contributed by atoms with van der Waals surface area (Å²) in [6, 6.07) is 4.08. The molecule has 0 bridgehead atoms. The van der Waals surface area contributed by atoms with E-state index in [2.05, 4.69) is 16.4 Å². The van der Waals surface area contributed by atoms with Crippen molar-refractivity contribution < 1.29 is 4.74 Å². The summed E-state index contributed by atoms with van der Waals surface area (Å²) in [6.07, 6.45) is 3.91. The Balaban J connectivity index is 1.96. The number of nitrogens with zero attached hydrogens (tertiary/aromatic N) is 1. The smallest absolute Gasteiger partial charge is 0.217 e. The Kier molecular flexibility index (Phi) is 1.38. The minimum absolute atomic E-state index is 0.0245. The van der Waals surface area contributed by atoms with Gasteiger partial charge >= 0.3 is 0 Å². The summed E-state index contributed by atoms with van der Waals surface area (Å²) in [7, 11) is 0. The topological polar surface area (TPSA) is 34.2 Å². The average Bonchev–Trinajstić information content (AvgIpc) is 2.72. The monoisotopic (exact) mass is 176 g/mol. The van der Waals surface area contributed by atoms with Crippen LogP contribution in [0.2, 0.25) is 0 Å². The summed E-state index contributed by atoms with van der Waals surface area (Å²) in [6.45, 7) is 2.03. The van der Waals surface area contributed by atoms with Gasteiger partial charge in [0.15, 0.2) is 0 Å². The Morgan fingerprint density at radius 1 is 1.54 bits per heavy atom. The maximum atomic E-state index is 5.88. The van der Waals surface area contributed by atoms with Gasteiger partial charge in [-0.25, -0.2) is 4.98 Å². The molecule has 0 aromatic carbocycles. The molecule has 1 N–H and O–H groups in total. The second-order valence-corrected chi connectivity index (χ2v) is 3.86. The highest BCUT2D eigenvalue weighted by atomic mass is 16.5. The van der Waals surface area contributed by atoms with Crippen molar-refractivity contribution in [3.63, 3.8) is 0 Å². The molecule has 1 aromatic rings. The molecule has 1 fully saturated rings. The highest BCUT2D eigenvalue weighted by molar-refractivity contribution is 5.33. The first-order valence-corrected chi connectivity index (χ1v) is 4.72. The van der Waals surface area contributed by atoms with Gasteiger partial charge in [-0.2, -0.15) is 0 Å². The van der Waals surface area contributed by atoms with Crippen molar-refractivity contribution in [2.24, 2.45) is 0 Å². The van der Waals surface area contributed by atoms with E-state index < -0.39 is 0 Å². The molecule has 1 atom stereocenters. The maximum Gasteiger partial charge on any atom is 0.217 e. The van der Waals surface area contributed by atoms with E-state index in [1.165, 1.54) is 5.56 Å². The number of hydrogen-bond acceptors (Lipinski definition) is 3. The quantitative estimate of drug-likeness (QED) is 0.633. The van der Waals surface area contributed by atoms with Crippen molar-refractivity contribution >= 4 is 0 Å². The standard InChI is InChI=1S/C10H12N2O/c1-2-8-6-10(3-5-11-7-10)13-9(8)12-4-1/h1-2,4,11H,3,5-7H2. The lowest BCUT2D eigenvalue weighted by atomic mass is 9.97. The number of pyridine rings is 1. The number of rotatable bonds is 0. The number of ether oxygens (including phenoxy) is 1. The first-order valence-electron chi connectivity index (χ1n) is 4.72. The fourth-order valence-electron chi connectivity index (χ4n) is 2.20. The minimum atomic E-state index is 0.0245. The molecular weight excluding hydrogens is 164 g/mol. The van der Waals surface area contributed by atoms with E-state index in [0.29, 0.717) is 0 Å². The maximum absolute atomic E-state index is 5.88. The third-order valence-corrected chi connectivity index (χ3v) is 2.88. The molecule has 2 aliphatic heterocycles. The molecule has 2 aliphatic rings. The molecule has 3 heterocycles. The Bertz CT molecular complexity index is 304. The van der Waals surface area contributed by atoms with E-state index in [1.54, 1.807) is 6.20 Å². The Morgan fingerprint density at radius 3 is 3.31 bits per heavy atom. The normalized spacial score (nSPS) is 30.5. The van der Waals surface area contributed by atoms with Gasteiger partial charge < -0.3 is 10.1 Å². The Morgan fingerprint density at radius 2 is 2.54 bits per heavy atom. The van der Waals surface area contributed by atoms with Gasteiger partial charge in [-0.3, -0.25) is 0 Å². The lowest BCUT2D eigenvalue weighted by Crippen LogP contribution is -2.36. The number of hydrogen-bond donors (Lipinski definition) is 1. The zero-order valence-electron chi connectivity index (χ0n) is 7.42. The van der Waals surface area contributed by atoms with Crippen molar-refractivity contribution in [1.29, 1.82) is 0 Å². The van der Waals surface area contributed by atoms with Crippen molar-refractivity contribution in [3.05, 3.63) is 23.9 Å². The van der Waals surface area contributed by atoms with E-state index in [-0.39, 0.29) is 5.60 Å². The molecule has 3 rings (SSSR count). The van der Waals surface area contributed by atoms with Crippen molar-refractivity contribution in [1.82, 2.24) is 10.3 Å². The highest BCUT2D eigenvalue weighted by Crippen LogP contribution is 2.36. The van der Waals surface area contributed by atoms with Crippen LogP contribution in [0.25, 0.3) is 0 Å². The lowest BCUT2D eigenvalue weighted by Gasteiger charge is -2.20. The largest absolute Gasteiger partial charge is 0.469 e. The molecule has 3 nitrogen and oxygen atoms in total. The van der Waals surface area contributed by atoms with E-state index in [1.807, 2.05) is 6.07 Å². The first-order chi connectivity index (χ1) is 6.38. The van der Waals surface area contributed by atoms with E-state index in [9.17, 15) is 0 Å². The number of nitrogens with one attached hydrogen (secondary N) is 1. The van der Waals surface area contributed by atoms with Crippen LogP contribution in [0.4, 0.5) is 0 Å². The molecule has 3 heteroatoms. The molecule has 1 spiro atoms. The summed E-state index contributed by atoms with van der Waals surface area (Å²) in [5.41, 5.74) is 1.28. The summed E-state index contributed by atoms with van der Waals surface area (Å²) in [4.78, 5) is 4.23. The SMILES string of the molecule is c1cnc2c(c1)CC1(CCNC1)O2. The molecular formula is C10H12N2O. The number of fused-ring (bicyclic) bond motifs is 1. The highest BCUT2D eigenvalue weighted by Gasteiger charge is 2.42. The molecule has 13 heavy (non-hydrogen) atoms. The summed E-state index contributed by atoms with van der Waals surface area (Å²) < 4.78 is 5.88. The third kappa shape index (κ3) is 1.04. The summed E-state index contributed by atoms with van der Waals surface area (Å²) in [5.74, 6) is 0.839. The molecule has 1 saturated heterocycles. The van der Waals surface area contributed by atoms with E-state index in [4.69, 9.17) is 4.74 Å². The summed E-state index contributed by atoms with van der Waals surface area (Å²) in [5, 5.41) is 3.34. The molecule has 0 amide bonds. The first kappa shape index (κ1) is 7.33. The molecule has 0 saturated carbocycles. The van der Waals surface area contributed by atoms with Crippen LogP contribution < -0.4 is 10.1 Å². The zero-order valence-corrected chi connectivity index (χ0v) is 7.42. The predicted octanol–water partition coefficient (Wildman–Crippen LogP) is 0.749. The lowest BCUT2D eigenvalue weighted by molar-refractivity contribution is 0.112. The van der Waals surface area contributed by atoms with Gasteiger partial charge in [0, 0.05) is 31.1 Å². The Hall–Kier alpha value is -1.09. The van der Waals surface area contributed by atoms with Gasteiger partial charge in [-0.1, -0.05) is 6.07 Å². The van der Waals surface area contributed by atoms with Crippen LogP contribution in [-0.4, -0.2) is 23.7 Å². The molecule has 0 radical (unpaired) electrons. The minimum Gasteiger partial charge on any atom is -0.469 e. The fraction of sp³-hybridized carbons (Fsp3) is 0.500. The predicted molar refractivity (Wildman–Crippen MR) is 48.8 cm³/mol. The van der Waals surface area contributed by atoms with Gasteiger partial charge in [-0.15, -0.1) is 0 Å². The second kappa shape index (κ2) is 2.45. The van der Waals surface area contributed by atoms with E-state index in [0.717, 1.165) is 31.8 Å². The van der Waals surface area contributed by atoms with Crippen LogP contribution in [-0.2, 0) is 6.42 Å². The fourth-order valence-corrected chi connectivity index (χ4v) is 2.20.